The fraction of sp³-hybridized carbons (Fsp3) is 0.364. The Balaban J connectivity index is 2.01. The van der Waals surface area contributed by atoms with Crippen molar-refractivity contribution in [1.29, 1.82) is 0 Å². The molecule has 1 aliphatic rings. The number of hydrogen-bond donors (Lipinski definition) is 0. The van der Waals surface area contributed by atoms with Crippen molar-refractivity contribution in [3.63, 3.8) is 0 Å². The van der Waals surface area contributed by atoms with E-state index in [1.165, 1.54) is 5.56 Å². The molecule has 0 amide bonds. The highest BCUT2D eigenvalue weighted by Gasteiger charge is 2.29. The molecule has 1 heteroatoms. The quantitative estimate of drug-likeness (QED) is 0.607. The normalized spacial score (nSPS) is 27.7. The van der Waals surface area contributed by atoms with E-state index in [0.29, 0.717) is 11.8 Å². The van der Waals surface area contributed by atoms with Crippen LogP contribution < -0.4 is 0 Å². The highest BCUT2D eigenvalue weighted by atomic mass is 16.1. The fourth-order valence-electron chi connectivity index (χ4n) is 1.77. The van der Waals surface area contributed by atoms with Crippen LogP contribution in [0.4, 0.5) is 0 Å². The van der Waals surface area contributed by atoms with Crippen molar-refractivity contribution >= 4 is 6.29 Å². The van der Waals surface area contributed by atoms with Crippen LogP contribution in [0.5, 0.6) is 0 Å². The number of carbonyl (C=O) groups excluding carboxylic acids is 1. The van der Waals surface area contributed by atoms with Crippen LogP contribution in [0, 0.1) is 5.92 Å². The molecule has 0 N–H and O–H groups in total. The van der Waals surface area contributed by atoms with Gasteiger partial charge in [0, 0.05) is 5.92 Å². The number of carbonyl (C=O) groups is 1. The highest BCUT2D eigenvalue weighted by Crippen LogP contribution is 2.39. The molecular weight excluding hydrogens is 148 g/mol. The Morgan fingerprint density at radius 3 is 2.42 bits per heavy atom. The minimum absolute atomic E-state index is 0.329. The van der Waals surface area contributed by atoms with Crippen molar-refractivity contribution in [3.05, 3.63) is 35.9 Å². The molecule has 1 saturated carbocycles. The lowest BCUT2D eigenvalue weighted by atomic mass is 9.72. The van der Waals surface area contributed by atoms with Gasteiger partial charge in [0.05, 0.1) is 0 Å². The van der Waals surface area contributed by atoms with E-state index in [2.05, 4.69) is 24.3 Å². The molecule has 1 aromatic rings. The van der Waals surface area contributed by atoms with E-state index in [1.54, 1.807) is 0 Å². The number of aldehydes is 1. The molecule has 0 unspecified atom stereocenters. The van der Waals surface area contributed by atoms with E-state index >= 15 is 0 Å². The molecule has 0 aliphatic heterocycles. The summed E-state index contributed by atoms with van der Waals surface area (Å²) in [7, 11) is 0. The summed E-state index contributed by atoms with van der Waals surface area (Å²) < 4.78 is 0. The second kappa shape index (κ2) is 3.10. The molecule has 0 heterocycles. The lowest BCUT2D eigenvalue weighted by Gasteiger charge is -2.31. The molecular formula is C11H12O. The van der Waals surface area contributed by atoms with Gasteiger partial charge in [-0.15, -0.1) is 0 Å². The van der Waals surface area contributed by atoms with Gasteiger partial charge in [-0.3, -0.25) is 0 Å². The molecule has 1 aromatic carbocycles. The first-order valence-electron chi connectivity index (χ1n) is 4.40. The third kappa shape index (κ3) is 1.27. The van der Waals surface area contributed by atoms with Crippen molar-refractivity contribution in [2.45, 2.75) is 18.8 Å². The molecule has 0 aromatic heterocycles. The van der Waals surface area contributed by atoms with Gasteiger partial charge in [0.1, 0.15) is 6.29 Å². The summed E-state index contributed by atoms with van der Waals surface area (Å²) in [5, 5.41) is 0. The lowest BCUT2D eigenvalue weighted by molar-refractivity contribution is -0.113. The van der Waals surface area contributed by atoms with Crippen LogP contribution in [-0.4, -0.2) is 6.29 Å². The Hall–Kier alpha value is -1.11. The summed E-state index contributed by atoms with van der Waals surface area (Å²) >= 11 is 0. The van der Waals surface area contributed by atoms with Gasteiger partial charge in [0.2, 0.25) is 0 Å². The zero-order valence-electron chi connectivity index (χ0n) is 6.94. The van der Waals surface area contributed by atoms with Gasteiger partial charge in [-0.2, -0.15) is 0 Å². The Bertz CT molecular complexity index is 260. The van der Waals surface area contributed by atoms with E-state index in [0.717, 1.165) is 19.1 Å². The summed E-state index contributed by atoms with van der Waals surface area (Å²) in [6.07, 6.45) is 3.18. The van der Waals surface area contributed by atoms with Gasteiger partial charge >= 0.3 is 0 Å². The maximum Gasteiger partial charge on any atom is 0.123 e. The summed E-state index contributed by atoms with van der Waals surface area (Å²) in [6, 6.07) is 10.4. The Kier molecular flexibility index (Phi) is 1.94. The lowest BCUT2D eigenvalue weighted by Crippen LogP contribution is -2.22. The number of hydrogen-bond acceptors (Lipinski definition) is 1. The topological polar surface area (TPSA) is 17.1 Å². The van der Waals surface area contributed by atoms with Gasteiger partial charge in [0.25, 0.3) is 0 Å². The zero-order chi connectivity index (χ0) is 8.39. The summed E-state index contributed by atoms with van der Waals surface area (Å²) in [5.74, 6) is 0.969. The van der Waals surface area contributed by atoms with Crippen LogP contribution in [0.1, 0.15) is 24.3 Å². The van der Waals surface area contributed by atoms with Gasteiger partial charge in [-0.1, -0.05) is 30.3 Å². The van der Waals surface area contributed by atoms with Crippen molar-refractivity contribution in [2.24, 2.45) is 5.92 Å². The molecule has 1 fully saturated rings. The van der Waals surface area contributed by atoms with Crippen molar-refractivity contribution in [3.8, 4) is 0 Å². The third-order valence-corrected chi connectivity index (χ3v) is 2.64. The van der Waals surface area contributed by atoms with Crippen LogP contribution in [0.25, 0.3) is 0 Å². The number of rotatable bonds is 2. The van der Waals surface area contributed by atoms with Gasteiger partial charge < -0.3 is 4.79 Å². The van der Waals surface area contributed by atoms with Crippen molar-refractivity contribution < 1.29 is 4.79 Å². The second-order valence-electron chi connectivity index (χ2n) is 3.48. The van der Waals surface area contributed by atoms with Gasteiger partial charge in [-0.25, -0.2) is 0 Å². The molecule has 1 aliphatic carbocycles. The Morgan fingerprint density at radius 1 is 1.17 bits per heavy atom. The molecule has 62 valence electrons. The average Bonchev–Trinajstić information content (AvgIpc) is 2.04. The maximum absolute atomic E-state index is 10.4. The fourth-order valence-corrected chi connectivity index (χ4v) is 1.77. The van der Waals surface area contributed by atoms with Crippen molar-refractivity contribution in [1.82, 2.24) is 0 Å². The first-order valence-corrected chi connectivity index (χ1v) is 4.40. The van der Waals surface area contributed by atoms with Crippen LogP contribution in [0.2, 0.25) is 0 Å². The molecule has 2 rings (SSSR count). The zero-order valence-corrected chi connectivity index (χ0v) is 6.94. The highest BCUT2D eigenvalue weighted by molar-refractivity contribution is 5.56. The van der Waals surface area contributed by atoms with Crippen LogP contribution >= 0.6 is 0 Å². The van der Waals surface area contributed by atoms with Crippen molar-refractivity contribution in [2.75, 3.05) is 0 Å². The Labute approximate surface area is 72.4 Å². The predicted molar refractivity (Wildman–Crippen MR) is 48.0 cm³/mol. The molecule has 0 atom stereocenters. The minimum Gasteiger partial charge on any atom is -0.303 e. The van der Waals surface area contributed by atoms with Crippen LogP contribution in [-0.2, 0) is 4.79 Å². The molecule has 12 heavy (non-hydrogen) atoms. The van der Waals surface area contributed by atoms with E-state index < -0.39 is 0 Å². The average molecular weight is 160 g/mol. The van der Waals surface area contributed by atoms with Gasteiger partial charge in [0.15, 0.2) is 0 Å². The second-order valence-corrected chi connectivity index (χ2v) is 3.48. The predicted octanol–water partition coefficient (Wildman–Crippen LogP) is 2.38. The SMILES string of the molecule is O=C[C@H]1C[C@@H](c2ccccc2)C1. The molecule has 1 nitrogen and oxygen atoms in total. The van der Waals surface area contributed by atoms with E-state index in [4.69, 9.17) is 0 Å². The molecule has 0 radical (unpaired) electrons. The minimum atomic E-state index is 0.329. The summed E-state index contributed by atoms with van der Waals surface area (Å²) in [6.45, 7) is 0. The molecule has 0 saturated heterocycles. The third-order valence-electron chi connectivity index (χ3n) is 2.64. The summed E-state index contributed by atoms with van der Waals surface area (Å²) in [5.41, 5.74) is 1.38. The summed E-state index contributed by atoms with van der Waals surface area (Å²) in [4.78, 5) is 10.4. The molecule has 0 spiro atoms. The largest absolute Gasteiger partial charge is 0.303 e. The number of benzene rings is 1. The monoisotopic (exact) mass is 160 g/mol. The standard InChI is InChI=1S/C11H12O/c12-8-9-6-11(7-9)10-4-2-1-3-5-10/h1-5,8-9,11H,6-7H2/t9-,11+. The first-order chi connectivity index (χ1) is 5.90. The van der Waals surface area contributed by atoms with E-state index in [1.807, 2.05) is 6.07 Å². The van der Waals surface area contributed by atoms with E-state index in [-0.39, 0.29) is 0 Å². The smallest absolute Gasteiger partial charge is 0.123 e. The Morgan fingerprint density at radius 2 is 1.83 bits per heavy atom. The molecule has 0 bridgehead atoms. The van der Waals surface area contributed by atoms with E-state index in [9.17, 15) is 4.79 Å². The van der Waals surface area contributed by atoms with Crippen LogP contribution in [0.3, 0.4) is 0 Å². The van der Waals surface area contributed by atoms with Gasteiger partial charge in [-0.05, 0) is 24.3 Å². The van der Waals surface area contributed by atoms with Crippen LogP contribution in [0.15, 0.2) is 30.3 Å². The first kappa shape index (κ1) is 7.53. The maximum atomic E-state index is 10.4.